The normalized spacial score (nSPS) is 10.6. The third-order valence-electron chi connectivity index (χ3n) is 3.48. The van der Waals surface area contributed by atoms with Crippen LogP contribution in [0.1, 0.15) is 17.3 Å². The molecule has 5 nitrogen and oxygen atoms in total. The van der Waals surface area contributed by atoms with E-state index in [1.165, 1.54) is 13.0 Å². The molecule has 0 atom stereocenters. The summed E-state index contributed by atoms with van der Waals surface area (Å²) in [5, 5.41) is 13.2. The van der Waals surface area contributed by atoms with Crippen molar-refractivity contribution in [3.63, 3.8) is 0 Å². The topological polar surface area (TPSA) is 79.3 Å². The zero-order valence-electron chi connectivity index (χ0n) is 12.7. The van der Waals surface area contributed by atoms with Gasteiger partial charge in [-0.3, -0.25) is 4.79 Å². The standard InChI is InChI=1S/C18H13ClN2O3/c1-10(22)20-13-5-6-16-14(8-13)15(18(23)24)9-17(21-16)11-3-2-4-12(19)7-11/h2-9H,1H3,(H,20,22)(H,23,24). The van der Waals surface area contributed by atoms with Crippen LogP contribution in [0.2, 0.25) is 5.02 Å². The highest BCUT2D eigenvalue weighted by atomic mass is 35.5. The molecule has 3 aromatic rings. The maximum Gasteiger partial charge on any atom is 0.336 e. The van der Waals surface area contributed by atoms with Gasteiger partial charge in [0.05, 0.1) is 16.8 Å². The summed E-state index contributed by atoms with van der Waals surface area (Å²) in [5.41, 5.74) is 2.42. The molecule has 2 N–H and O–H groups in total. The molecule has 0 aliphatic rings. The lowest BCUT2D eigenvalue weighted by Crippen LogP contribution is -2.06. The van der Waals surface area contributed by atoms with Crippen molar-refractivity contribution in [2.24, 2.45) is 0 Å². The van der Waals surface area contributed by atoms with Crippen LogP contribution < -0.4 is 5.32 Å². The van der Waals surface area contributed by atoms with Crippen molar-refractivity contribution in [3.8, 4) is 11.3 Å². The molecule has 0 aliphatic heterocycles. The fourth-order valence-corrected chi connectivity index (χ4v) is 2.67. The minimum absolute atomic E-state index is 0.113. The van der Waals surface area contributed by atoms with Gasteiger partial charge in [-0.1, -0.05) is 23.7 Å². The minimum atomic E-state index is -1.06. The molecule has 6 heteroatoms. The highest BCUT2D eigenvalue weighted by molar-refractivity contribution is 6.30. The molecule has 0 spiro atoms. The molecule has 0 saturated heterocycles. The van der Waals surface area contributed by atoms with Crippen molar-refractivity contribution in [1.82, 2.24) is 4.98 Å². The Balaban J connectivity index is 2.21. The van der Waals surface area contributed by atoms with Gasteiger partial charge in [-0.15, -0.1) is 0 Å². The second kappa shape index (κ2) is 6.29. The number of fused-ring (bicyclic) bond motifs is 1. The molecule has 0 radical (unpaired) electrons. The van der Waals surface area contributed by atoms with E-state index in [4.69, 9.17) is 11.6 Å². The van der Waals surface area contributed by atoms with E-state index in [-0.39, 0.29) is 11.5 Å². The molecule has 120 valence electrons. The van der Waals surface area contributed by atoms with E-state index in [0.29, 0.717) is 27.3 Å². The molecule has 1 amide bonds. The number of pyridine rings is 1. The molecule has 0 fully saturated rings. The number of carbonyl (C=O) groups excluding carboxylic acids is 1. The zero-order chi connectivity index (χ0) is 17.3. The Bertz CT molecular complexity index is 970. The van der Waals surface area contributed by atoms with Crippen LogP contribution in [0, 0.1) is 0 Å². The van der Waals surface area contributed by atoms with Crippen LogP contribution in [0.3, 0.4) is 0 Å². The van der Waals surface area contributed by atoms with E-state index in [9.17, 15) is 14.7 Å². The molecule has 0 saturated carbocycles. The molecular formula is C18H13ClN2O3. The first-order chi connectivity index (χ1) is 11.4. The molecule has 0 bridgehead atoms. The van der Waals surface area contributed by atoms with E-state index in [1.807, 2.05) is 6.07 Å². The third kappa shape index (κ3) is 3.21. The average molecular weight is 341 g/mol. The fraction of sp³-hybridized carbons (Fsp3) is 0.0556. The number of nitrogens with zero attached hydrogens (tertiary/aromatic N) is 1. The monoisotopic (exact) mass is 340 g/mol. The van der Waals surface area contributed by atoms with Crippen LogP contribution in [0.5, 0.6) is 0 Å². The Labute approximate surface area is 142 Å². The number of amides is 1. The lowest BCUT2D eigenvalue weighted by molar-refractivity contribution is -0.114. The summed E-state index contributed by atoms with van der Waals surface area (Å²) in [6.07, 6.45) is 0. The van der Waals surface area contributed by atoms with E-state index in [2.05, 4.69) is 10.3 Å². The summed E-state index contributed by atoms with van der Waals surface area (Å²) in [5.74, 6) is -1.29. The number of hydrogen-bond donors (Lipinski definition) is 2. The zero-order valence-corrected chi connectivity index (χ0v) is 13.5. The highest BCUT2D eigenvalue weighted by Crippen LogP contribution is 2.28. The first-order valence-corrected chi connectivity index (χ1v) is 7.53. The van der Waals surface area contributed by atoms with Gasteiger partial charge in [0.2, 0.25) is 5.91 Å². The molecule has 3 rings (SSSR count). The summed E-state index contributed by atoms with van der Waals surface area (Å²) in [6.45, 7) is 1.39. The average Bonchev–Trinajstić information content (AvgIpc) is 2.53. The summed E-state index contributed by atoms with van der Waals surface area (Å²) < 4.78 is 0. The van der Waals surface area contributed by atoms with E-state index >= 15 is 0 Å². The number of carboxylic acids is 1. The molecule has 0 unspecified atom stereocenters. The third-order valence-corrected chi connectivity index (χ3v) is 3.71. The van der Waals surface area contributed by atoms with Gasteiger partial charge in [-0.05, 0) is 36.4 Å². The van der Waals surface area contributed by atoms with Crippen LogP contribution in [0.4, 0.5) is 5.69 Å². The summed E-state index contributed by atoms with van der Waals surface area (Å²) in [6, 6.07) is 13.5. The van der Waals surface area contributed by atoms with Gasteiger partial charge in [0.1, 0.15) is 0 Å². The smallest absolute Gasteiger partial charge is 0.336 e. The van der Waals surface area contributed by atoms with Gasteiger partial charge < -0.3 is 10.4 Å². The number of nitrogens with one attached hydrogen (secondary N) is 1. The molecular weight excluding hydrogens is 328 g/mol. The first-order valence-electron chi connectivity index (χ1n) is 7.15. The maximum absolute atomic E-state index is 11.7. The maximum atomic E-state index is 11.7. The van der Waals surface area contributed by atoms with Crippen molar-refractivity contribution in [2.75, 3.05) is 5.32 Å². The number of carbonyl (C=O) groups is 2. The summed E-state index contributed by atoms with van der Waals surface area (Å²) >= 11 is 6.00. The fourth-order valence-electron chi connectivity index (χ4n) is 2.48. The van der Waals surface area contributed by atoms with Gasteiger partial charge in [-0.2, -0.15) is 0 Å². The quantitative estimate of drug-likeness (QED) is 0.748. The summed E-state index contributed by atoms with van der Waals surface area (Å²) in [4.78, 5) is 27.4. The highest BCUT2D eigenvalue weighted by Gasteiger charge is 2.14. The number of anilines is 1. The Morgan fingerprint density at radius 3 is 2.58 bits per heavy atom. The number of rotatable bonds is 3. The lowest BCUT2D eigenvalue weighted by Gasteiger charge is -2.09. The van der Waals surface area contributed by atoms with Crippen molar-refractivity contribution in [2.45, 2.75) is 6.92 Å². The minimum Gasteiger partial charge on any atom is -0.478 e. The second-order valence-electron chi connectivity index (χ2n) is 5.28. The molecule has 1 aromatic heterocycles. The van der Waals surface area contributed by atoms with Gasteiger partial charge in [0, 0.05) is 28.6 Å². The summed E-state index contributed by atoms with van der Waals surface area (Å²) in [7, 11) is 0. The largest absolute Gasteiger partial charge is 0.478 e. The number of aromatic carboxylic acids is 1. The molecule has 2 aromatic carbocycles. The Hall–Kier alpha value is -2.92. The van der Waals surface area contributed by atoms with Crippen molar-refractivity contribution >= 4 is 40.1 Å². The Morgan fingerprint density at radius 2 is 1.92 bits per heavy atom. The van der Waals surface area contributed by atoms with E-state index in [0.717, 1.165) is 5.56 Å². The predicted molar refractivity (Wildman–Crippen MR) is 93.5 cm³/mol. The lowest BCUT2D eigenvalue weighted by atomic mass is 10.0. The number of benzene rings is 2. The molecule has 1 heterocycles. The van der Waals surface area contributed by atoms with Gasteiger partial charge in [0.15, 0.2) is 0 Å². The SMILES string of the molecule is CC(=O)Nc1ccc2nc(-c3cccc(Cl)c3)cc(C(=O)O)c2c1. The van der Waals surface area contributed by atoms with Crippen LogP contribution in [0.25, 0.3) is 22.2 Å². The van der Waals surface area contributed by atoms with Gasteiger partial charge in [-0.25, -0.2) is 9.78 Å². The van der Waals surface area contributed by atoms with Crippen molar-refractivity contribution < 1.29 is 14.7 Å². The second-order valence-corrected chi connectivity index (χ2v) is 5.72. The van der Waals surface area contributed by atoms with Crippen molar-refractivity contribution in [3.05, 3.63) is 59.1 Å². The number of halogens is 1. The molecule has 24 heavy (non-hydrogen) atoms. The first kappa shape index (κ1) is 16.0. The predicted octanol–water partition coefficient (Wildman–Crippen LogP) is 4.21. The molecule has 0 aliphatic carbocycles. The number of hydrogen-bond acceptors (Lipinski definition) is 3. The Morgan fingerprint density at radius 1 is 1.12 bits per heavy atom. The number of aromatic nitrogens is 1. The van der Waals surface area contributed by atoms with Crippen LogP contribution in [-0.4, -0.2) is 22.0 Å². The van der Waals surface area contributed by atoms with E-state index in [1.54, 1.807) is 36.4 Å². The van der Waals surface area contributed by atoms with Gasteiger partial charge in [0.25, 0.3) is 0 Å². The van der Waals surface area contributed by atoms with Crippen LogP contribution in [-0.2, 0) is 4.79 Å². The van der Waals surface area contributed by atoms with Crippen LogP contribution in [0.15, 0.2) is 48.5 Å². The van der Waals surface area contributed by atoms with Crippen molar-refractivity contribution in [1.29, 1.82) is 0 Å². The number of carboxylic acid groups (broad SMARTS) is 1. The van der Waals surface area contributed by atoms with Crippen LogP contribution >= 0.6 is 11.6 Å². The van der Waals surface area contributed by atoms with Gasteiger partial charge >= 0.3 is 5.97 Å². The Kier molecular flexibility index (Phi) is 4.18. The van der Waals surface area contributed by atoms with E-state index < -0.39 is 5.97 Å².